The molecule has 1 heterocycles. The van der Waals surface area contributed by atoms with E-state index in [0.717, 1.165) is 15.2 Å². The Morgan fingerprint density at radius 2 is 1.89 bits per heavy atom. The Morgan fingerprint density at radius 3 is 2.56 bits per heavy atom. The van der Waals surface area contributed by atoms with Gasteiger partial charge in [0.2, 0.25) is 0 Å². The Bertz CT molecular complexity index is 1170. The number of hydrogen-bond donors (Lipinski definition) is 1. The minimum Gasteiger partial charge on any atom is -0.278 e. The van der Waals surface area contributed by atoms with Crippen molar-refractivity contribution < 1.29 is 12.8 Å². The van der Waals surface area contributed by atoms with Gasteiger partial charge in [-0.25, -0.2) is 12.8 Å². The zero-order chi connectivity index (χ0) is 19.6. The first-order valence-electron chi connectivity index (χ1n) is 7.74. The second kappa shape index (κ2) is 7.62. The van der Waals surface area contributed by atoms with Crippen LogP contribution < -0.4 is 4.72 Å². The summed E-state index contributed by atoms with van der Waals surface area (Å²) in [5, 5.41) is 9.03. The van der Waals surface area contributed by atoms with Crippen LogP contribution in [-0.2, 0) is 10.0 Å². The maximum Gasteiger partial charge on any atom is 0.262 e. The fourth-order valence-electron chi connectivity index (χ4n) is 2.56. The molecule has 0 atom stereocenters. The zero-order valence-corrected chi connectivity index (χ0v) is 17.0. The lowest BCUT2D eigenvalue weighted by Crippen LogP contribution is -2.14. The highest BCUT2D eigenvalue weighted by Gasteiger charge is 2.18. The van der Waals surface area contributed by atoms with Crippen LogP contribution in [0.1, 0.15) is 11.1 Å². The van der Waals surface area contributed by atoms with Crippen molar-refractivity contribution in [1.29, 1.82) is 5.26 Å². The maximum absolute atomic E-state index is 13.2. The number of halogens is 2. The summed E-state index contributed by atoms with van der Waals surface area (Å²) in [4.78, 5) is 4.10. The van der Waals surface area contributed by atoms with E-state index >= 15 is 0 Å². The minimum absolute atomic E-state index is 0.00206. The molecule has 0 saturated carbocycles. The van der Waals surface area contributed by atoms with E-state index in [4.69, 9.17) is 5.26 Å². The van der Waals surface area contributed by atoms with Crippen LogP contribution in [-0.4, -0.2) is 13.4 Å². The van der Waals surface area contributed by atoms with Crippen molar-refractivity contribution >= 4 is 38.3 Å². The summed E-state index contributed by atoms with van der Waals surface area (Å²) in [7, 11) is -3.88. The first-order valence-corrected chi connectivity index (χ1v) is 10.3. The van der Waals surface area contributed by atoms with E-state index in [-0.39, 0.29) is 10.6 Å². The van der Waals surface area contributed by atoms with E-state index < -0.39 is 15.8 Å². The van der Waals surface area contributed by atoms with Gasteiger partial charge in [-0.15, -0.1) is 0 Å². The number of sulfonamides is 1. The summed E-state index contributed by atoms with van der Waals surface area (Å²) in [6.07, 6.45) is 3.01. The van der Waals surface area contributed by atoms with E-state index in [1.54, 1.807) is 24.4 Å². The molecule has 1 aromatic heterocycles. The number of rotatable bonds is 4. The predicted molar refractivity (Wildman–Crippen MR) is 109 cm³/mol. The number of pyridine rings is 1. The van der Waals surface area contributed by atoms with Gasteiger partial charge in [0.25, 0.3) is 10.0 Å². The van der Waals surface area contributed by atoms with Crippen molar-refractivity contribution in [2.75, 3.05) is 4.72 Å². The van der Waals surface area contributed by atoms with Gasteiger partial charge in [-0.05, 0) is 77.0 Å². The molecule has 1 N–H and O–H groups in total. The van der Waals surface area contributed by atoms with Crippen molar-refractivity contribution in [3.63, 3.8) is 0 Å². The molecule has 0 bridgehead atoms. The molecule has 0 radical (unpaired) electrons. The highest BCUT2D eigenvalue weighted by atomic mass is 127. The Morgan fingerprint density at radius 1 is 1.11 bits per heavy atom. The average molecular weight is 493 g/mol. The van der Waals surface area contributed by atoms with Crippen LogP contribution in [0.2, 0.25) is 0 Å². The highest BCUT2D eigenvalue weighted by molar-refractivity contribution is 14.1. The van der Waals surface area contributed by atoms with E-state index in [2.05, 4.69) is 38.4 Å². The molecule has 0 amide bonds. The number of hydrogen-bond acceptors (Lipinski definition) is 4. The molecule has 136 valence electrons. The fourth-order valence-corrected chi connectivity index (χ4v) is 4.46. The van der Waals surface area contributed by atoms with Crippen molar-refractivity contribution in [2.24, 2.45) is 0 Å². The van der Waals surface area contributed by atoms with Gasteiger partial charge in [0.1, 0.15) is 11.9 Å². The van der Waals surface area contributed by atoms with Gasteiger partial charge in [-0.2, -0.15) is 5.26 Å². The molecule has 5 nitrogen and oxygen atoms in total. The topological polar surface area (TPSA) is 82.8 Å². The Kier molecular flexibility index (Phi) is 5.43. The Hall–Kier alpha value is -2.51. The Balaban J connectivity index is 1.94. The molecule has 0 spiro atoms. The van der Waals surface area contributed by atoms with E-state index in [0.29, 0.717) is 16.7 Å². The zero-order valence-electron chi connectivity index (χ0n) is 14.1. The summed E-state index contributed by atoms with van der Waals surface area (Å²) in [5.41, 5.74) is 2.68. The molecule has 2 aromatic carbocycles. The molecule has 0 aliphatic heterocycles. The van der Waals surface area contributed by atoms with Gasteiger partial charge in [0, 0.05) is 15.3 Å². The number of nitriles is 1. The number of nitrogens with one attached hydrogen (secondary N) is 1. The predicted octanol–water partition coefficient (Wildman–Crippen LogP) is 4.47. The maximum atomic E-state index is 13.2. The summed E-state index contributed by atoms with van der Waals surface area (Å²) in [6, 6.07) is 12.6. The standard InChI is InChI=1S/C19H13FIN3O2S/c1-12-6-16(20)4-5-19(12)27(25,26)24-17-7-15(10-23-11-17)13-2-3-14(9-22)18(21)8-13/h2-8,10-11,24H,1H3. The van der Waals surface area contributed by atoms with E-state index in [9.17, 15) is 12.8 Å². The SMILES string of the molecule is Cc1cc(F)ccc1S(=O)(=O)Nc1cncc(-c2ccc(C#N)c(I)c2)c1. The quantitative estimate of drug-likeness (QED) is 0.544. The lowest BCUT2D eigenvalue weighted by atomic mass is 10.1. The summed E-state index contributed by atoms with van der Waals surface area (Å²) in [6.45, 7) is 1.53. The molecule has 27 heavy (non-hydrogen) atoms. The third kappa shape index (κ3) is 4.26. The van der Waals surface area contributed by atoms with Crippen molar-refractivity contribution in [3.8, 4) is 17.2 Å². The van der Waals surface area contributed by atoms with Gasteiger partial charge in [-0.1, -0.05) is 6.07 Å². The second-order valence-corrected chi connectivity index (χ2v) is 8.60. The lowest BCUT2D eigenvalue weighted by molar-refractivity contribution is 0.598. The molecule has 0 fully saturated rings. The largest absolute Gasteiger partial charge is 0.278 e. The summed E-state index contributed by atoms with van der Waals surface area (Å²) >= 11 is 2.07. The monoisotopic (exact) mass is 493 g/mol. The van der Waals surface area contributed by atoms with Crippen molar-refractivity contribution in [3.05, 3.63) is 75.4 Å². The molecule has 3 rings (SSSR count). The first kappa shape index (κ1) is 19.3. The van der Waals surface area contributed by atoms with Crippen LogP contribution in [0.25, 0.3) is 11.1 Å². The van der Waals surface area contributed by atoms with Gasteiger partial charge in [-0.3, -0.25) is 9.71 Å². The van der Waals surface area contributed by atoms with Gasteiger partial charge in [0.15, 0.2) is 0 Å². The van der Waals surface area contributed by atoms with Gasteiger partial charge < -0.3 is 0 Å². The smallest absolute Gasteiger partial charge is 0.262 e. The second-order valence-electron chi connectivity index (χ2n) is 5.78. The molecule has 0 aliphatic rings. The molecular formula is C19H13FIN3O2S. The van der Waals surface area contributed by atoms with Crippen LogP contribution >= 0.6 is 22.6 Å². The van der Waals surface area contributed by atoms with Gasteiger partial charge >= 0.3 is 0 Å². The van der Waals surface area contributed by atoms with Crippen LogP contribution in [0.4, 0.5) is 10.1 Å². The van der Waals surface area contributed by atoms with Crippen LogP contribution in [0.15, 0.2) is 59.8 Å². The van der Waals surface area contributed by atoms with Crippen molar-refractivity contribution in [2.45, 2.75) is 11.8 Å². The summed E-state index contributed by atoms with van der Waals surface area (Å²) < 4.78 is 41.8. The van der Waals surface area contributed by atoms with E-state index in [1.807, 2.05) is 6.07 Å². The first-order chi connectivity index (χ1) is 12.8. The average Bonchev–Trinajstić information content (AvgIpc) is 2.61. The Labute approximate surface area is 170 Å². The molecule has 0 aliphatic carbocycles. The number of aryl methyl sites for hydroxylation is 1. The van der Waals surface area contributed by atoms with E-state index in [1.165, 1.54) is 25.3 Å². The van der Waals surface area contributed by atoms with Crippen LogP contribution in [0, 0.1) is 27.6 Å². The number of nitrogens with zero attached hydrogens (tertiary/aromatic N) is 2. The number of benzene rings is 2. The fraction of sp³-hybridized carbons (Fsp3) is 0.0526. The molecule has 0 unspecified atom stereocenters. The molecule has 0 saturated heterocycles. The van der Waals surface area contributed by atoms with Crippen LogP contribution in [0.3, 0.4) is 0 Å². The molecule has 3 aromatic rings. The van der Waals surface area contributed by atoms with Crippen molar-refractivity contribution in [1.82, 2.24) is 4.98 Å². The normalized spacial score (nSPS) is 11.0. The number of anilines is 1. The molecular weight excluding hydrogens is 480 g/mol. The van der Waals surface area contributed by atoms with Gasteiger partial charge in [0.05, 0.1) is 22.3 Å². The lowest BCUT2D eigenvalue weighted by Gasteiger charge is -2.11. The third-order valence-corrected chi connectivity index (χ3v) is 6.27. The molecule has 8 heteroatoms. The highest BCUT2D eigenvalue weighted by Crippen LogP contribution is 2.26. The third-order valence-electron chi connectivity index (χ3n) is 3.84. The summed E-state index contributed by atoms with van der Waals surface area (Å²) in [5.74, 6) is -0.495. The number of aromatic nitrogens is 1. The minimum atomic E-state index is -3.88. The van der Waals surface area contributed by atoms with Crippen LogP contribution in [0.5, 0.6) is 0 Å².